The lowest BCUT2D eigenvalue weighted by atomic mass is 10.2. The Morgan fingerprint density at radius 3 is 2.41 bits per heavy atom. The summed E-state index contributed by atoms with van der Waals surface area (Å²) in [5.41, 5.74) is 7.86. The molecule has 0 aliphatic heterocycles. The predicted octanol–water partition coefficient (Wildman–Crippen LogP) is 3.46. The van der Waals surface area contributed by atoms with Gasteiger partial charge in [-0.15, -0.1) is 0 Å². The van der Waals surface area contributed by atoms with Gasteiger partial charge in [0, 0.05) is 17.1 Å². The number of nitrogens with one attached hydrogen (secondary N) is 2. The van der Waals surface area contributed by atoms with Crippen molar-refractivity contribution in [1.82, 2.24) is 15.4 Å². The SMILES string of the molecule is Cc1cc(C(=O)NNC(=O)CCOc2ccccc2F)c(C)n1-c1ccccc1. The summed E-state index contributed by atoms with van der Waals surface area (Å²) in [6.07, 6.45) is -0.0301. The first-order valence-electron chi connectivity index (χ1n) is 9.18. The molecule has 6 nitrogen and oxygen atoms in total. The number of amides is 2. The van der Waals surface area contributed by atoms with Crippen LogP contribution < -0.4 is 15.6 Å². The van der Waals surface area contributed by atoms with Crippen molar-refractivity contribution in [3.63, 3.8) is 0 Å². The first-order valence-corrected chi connectivity index (χ1v) is 9.18. The van der Waals surface area contributed by atoms with E-state index in [1.807, 2.05) is 48.7 Å². The molecule has 0 saturated heterocycles. The van der Waals surface area contributed by atoms with Gasteiger partial charge in [0.25, 0.3) is 5.91 Å². The van der Waals surface area contributed by atoms with Gasteiger partial charge in [-0.3, -0.25) is 20.4 Å². The summed E-state index contributed by atoms with van der Waals surface area (Å²) >= 11 is 0. The molecule has 0 aliphatic rings. The lowest BCUT2D eigenvalue weighted by Gasteiger charge is -2.11. The van der Waals surface area contributed by atoms with E-state index < -0.39 is 17.6 Å². The maximum atomic E-state index is 13.5. The van der Waals surface area contributed by atoms with E-state index >= 15 is 0 Å². The molecule has 7 heteroatoms. The second kappa shape index (κ2) is 9.05. The average Bonchev–Trinajstić information content (AvgIpc) is 3.02. The maximum absolute atomic E-state index is 13.5. The number of benzene rings is 2. The molecule has 3 rings (SSSR count). The normalized spacial score (nSPS) is 10.4. The van der Waals surface area contributed by atoms with E-state index in [-0.39, 0.29) is 18.8 Å². The Morgan fingerprint density at radius 2 is 1.69 bits per heavy atom. The minimum absolute atomic E-state index is 0.00877. The number of aromatic nitrogens is 1. The van der Waals surface area contributed by atoms with Crippen molar-refractivity contribution in [2.75, 3.05) is 6.61 Å². The second-order valence-electron chi connectivity index (χ2n) is 6.49. The zero-order valence-electron chi connectivity index (χ0n) is 16.2. The molecule has 150 valence electrons. The van der Waals surface area contributed by atoms with E-state index in [2.05, 4.69) is 10.9 Å². The fourth-order valence-electron chi connectivity index (χ4n) is 3.04. The molecule has 2 N–H and O–H groups in total. The summed E-state index contributed by atoms with van der Waals surface area (Å²) in [6, 6.07) is 17.4. The summed E-state index contributed by atoms with van der Waals surface area (Å²) in [6.45, 7) is 3.75. The van der Waals surface area contributed by atoms with Crippen molar-refractivity contribution in [3.05, 3.63) is 83.4 Å². The molecule has 0 aliphatic carbocycles. The molecule has 29 heavy (non-hydrogen) atoms. The molecular weight excluding hydrogens is 373 g/mol. The van der Waals surface area contributed by atoms with Crippen LogP contribution in [0, 0.1) is 19.7 Å². The van der Waals surface area contributed by atoms with Gasteiger partial charge in [-0.1, -0.05) is 30.3 Å². The summed E-state index contributed by atoms with van der Waals surface area (Å²) in [5.74, 6) is -1.26. The molecule has 0 bridgehead atoms. The predicted molar refractivity (Wildman–Crippen MR) is 107 cm³/mol. The standard InChI is InChI=1S/C22H22FN3O3/c1-15-14-18(16(2)26(15)17-8-4-3-5-9-17)22(28)25-24-21(27)12-13-29-20-11-7-6-10-19(20)23/h3-11,14H,12-13H2,1-2H3,(H,24,27)(H,25,28). The van der Waals surface area contributed by atoms with Crippen molar-refractivity contribution in [1.29, 1.82) is 0 Å². The van der Waals surface area contributed by atoms with Crippen molar-refractivity contribution in [3.8, 4) is 11.4 Å². The maximum Gasteiger partial charge on any atom is 0.271 e. The molecule has 0 atom stereocenters. The summed E-state index contributed by atoms with van der Waals surface area (Å²) in [4.78, 5) is 24.4. The highest BCUT2D eigenvalue weighted by molar-refractivity contribution is 5.97. The number of carbonyl (C=O) groups is 2. The molecule has 2 amide bonds. The number of halogens is 1. The number of hydrazine groups is 1. The smallest absolute Gasteiger partial charge is 0.271 e. The highest BCUT2D eigenvalue weighted by Gasteiger charge is 2.17. The largest absolute Gasteiger partial charge is 0.490 e. The number of para-hydroxylation sites is 2. The van der Waals surface area contributed by atoms with Crippen LogP contribution in [0.3, 0.4) is 0 Å². The number of aryl methyl sites for hydroxylation is 1. The van der Waals surface area contributed by atoms with Crippen LogP contribution in [0.1, 0.15) is 28.2 Å². The van der Waals surface area contributed by atoms with Gasteiger partial charge in [0.05, 0.1) is 18.6 Å². The van der Waals surface area contributed by atoms with Crippen molar-refractivity contribution < 1.29 is 18.7 Å². The molecule has 1 heterocycles. The van der Waals surface area contributed by atoms with Crippen LogP contribution in [0.2, 0.25) is 0 Å². The first kappa shape index (κ1) is 20.1. The molecule has 1 aromatic heterocycles. The molecule has 0 radical (unpaired) electrons. The zero-order chi connectivity index (χ0) is 20.8. The van der Waals surface area contributed by atoms with E-state index in [0.717, 1.165) is 17.1 Å². The van der Waals surface area contributed by atoms with Gasteiger partial charge in [0.1, 0.15) is 0 Å². The fraction of sp³-hybridized carbons (Fsp3) is 0.182. The number of hydrogen-bond donors (Lipinski definition) is 2. The van der Waals surface area contributed by atoms with Crippen LogP contribution in [-0.4, -0.2) is 23.0 Å². The Morgan fingerprint density at radius 1 is 1.00 bits per heavy atom. The van der Waals surface area contributed by atoms with E-state index in [0.29, 0.717) is 5.56 Å². The second-order valence-corrected chi connectivity index (χ2v) is 6.49. The lowest BCUT2D eigenvalue weighted by Crippen LogP contribution is -2.42. The van der Waals surface area contributed by atoms with E-state index in [1.54, 1.807) is 18.2 Å². The quantitative estimate of drug-likeness (QED) is 0.628. The minimum Gasteiger partial charge on any atom is -0.490 e. The number of nitrogens with zero attached hydrogens (tertiary/aromatic N) is 1. The number of rotatable bonds is 6. The topological polar surface area (TPSA) is 72.4 Å². The van der Waals surface area contributed by atoms with Gasteiger partial charge in [0.15, 0.2) is 11.6 Å². The van der Waals surface area contributed by atoms with Crippen LogP contribution in [0.5, 0.6) is 5.75 Å². The van der Waals surface area contributed by atoms with Gasteiger partial charge in [-0.05, 0) is 44.2 Å². The van der Waals surface area contributed by atoms with Crippen molar-refractivity contribution >= 4 is 11.8 Å². The van der Waals surface area contributed by atoms with Gasteiger partial charge >= 0.3 is 0 Å². The molecule has 0 saturated carbocycles. The van der Waals surface area contributed by atoms with Crippen LogP contribution >= 0.6 is 0 Å². The number of ether oxygens (including phenoxy) is 1. The van der Waals surface area contributed by atoms with Crippen molar-refractivity contribution in [2.24, 2.45) is 0 Å². The highest BCUT2D eigenvalue weighted by Crippen LogP contribution is 2.20. The van der Waals surface area contributed by atoms with Gasteiger partial charge in [-0.25, -0.2) is 4.39 Å². The van der Waals surface area contributed by atoms with Crippen LogP contribution in [0.25, 0.3) is 5.69 Å². The molecule has 0 unspecified atom stereocenters. The van der Waals surface area contributed by atoms with E-state index in [9.17, 15) is 14.0 Å². The molecule has 3 aromatic rings. The first-order chi connectivity index (χ1) is 14.0. The molecule has 0 fully saturated rings. The van der Waals surface area contributed by atoms with Gasteiger partial charge in [0.2, 0.25) is 5.91 Å². The van der Waals surface area contributed by atoms with E-state index in [4.69, 9.17) is 4.74 Å². The Bertz CT molecular complexity index is 1020. The fourth-order valence-corrected chi connectivity index (χ4v) is 3.04. The Balaban J connectivity index is 1.54. The minimum atomic E-state index is -0.491. The Kier molecular flexibility index (Phi) is 6.29. The third-order valence-corrected chi connectivity index (χ3v) is 4.43. The Hall–Kier alpha value is -3.61. The van der Waals surface area contributed by atoms with Crippen LogP contribution in [0.15, 0.2) is 60.7 Å². The van der Waals surface area contributed by atoms with E-state index in [1.165, 1.54) is 12.1 Å². The van der Waals surface area contributed by atoms with Gasteiger partial charge in [-0.2, -0.15) is 0 Å². The third kappa shape index (κ3) is 4.82. The monoisotopic (exact) mass is 395 g/mol. The summed E-state index contributed by atoms with van der Waals surface area (Å²) < 4.78 is 20.7. The van der Waals surface area contributed by atoms with Crippen LogP contribution in [0.4, 0.5) is 4.39 Å². The molecule has 2 aromatic carbocycles. The van der Waals surface area contributed by atoms with Crippen LogP contribution in [-0.2, 0) is 4.79 Å². The summed E-state index contributed by atoms with van der Waals surface area (Å²) in [7, 11) is 0. The van der Waals surface area contributed by atoms with Crippen molar-refractivity contribution in [2.45, 2.75) is 20.3 Å². The summed E-state index contributed by atoms with van der Waals surface area (Å²) in [5, 5.41) is 0. The molecule has 0 spiro atoms. The number of carbonyl (C=O) groups excluding carboxylic acids is 2. The Labute approximate surface area is 168 Å². The molecular formula is C22H22FN3O3. The highest BCUT2D eigenvalue weighted by atomic mass is 19.1. The average molecular weight is 395 g/mol. The third-order valence-electron chi connectivity index (χ3n) is 4.43. The lowest BCUT2D eigenvalue weighted by molar-refractivity contribution is -0.122. The van der Waals surface area contributed by atoms with Gasteiger partial charge < -0.3 is 9.30 Å². The number of hydrogen-bond acceptors (Lipinski definition) is 3. The zero-order valence-corrected chi connectivity index (χ0v) is 16.2.